The highest BCUT2D eigenvalue weighted by Crippen LogP contribution is 2.32. The zero-order valence-corrected chi connectivity index (χ0v) is 22.4. The van der Waals surface area contributed by atoms with Crippen LogP contribution in [-0.2, 0) is 9.47 Å². The second kappa shape index (κ2) is 16.3. The number of nitrogens with zero attached hydrogens (tertiary/aromatic N) is 3. The van der Waals surface area contributed by atoms with Gasteiger partial charge in [-0.2, -0.15) is 0 Å². The third-order valence-corrected chi connectivity index (χ3v) is 5.43. The number of methoxy groups -OCH3 is 3. The van der Waals surface area contributed by atoms with Gasteiger partial charge in [0.15, 0.2) is 17.5 Å². The van der Waals surface area contributed by atoms with Crippen LogP contribution < -0.4 is 20.1 Å². The lowest BCUT2D eigenvalue weighted by Crippen LogP contribution is -2.47. The molecule has 0 bridgehead atoms. The molecule has 2 rings (SSSR count). The van der Waals surface area contributed by atoms with Gasteiger partial charge in [-0.15, -0.1) is 24.0 Å². The number of ether oxygens (including phenoxy) is 4. The number of halogens is 1. The standard InChI is InChI=1S/C22H39N5O4.HI/c1-23-22(24-8-9-26(2)10-13-28-3)25-17-19(27-11-14-31-15-12-27)18-6-7-20(29-4)21(16-18)30-5;/h6-7,16,19H,8-15,17H2,1-5H3,(H2,23,24,25);1H. The monoisotopic (exact) mass is 565 g/mol. The Hall–Kier alpha value is -1.34. The molecule has 1 heterocycles. The summed E-state index contributed by atoms with van der Waals surface area (Å²) >= 11 is 0. The van der Waals surface area contributed by atoms with E-state index >= 15 is 0 Å². The molecule has 1 atom stereocenters. The fourth-order valence-corrected chi connectivity index (χ4v) is 3.55. The molecule has 0 spiro atoms. The molecule has 0 amide bonds. The van der Waals surface area contributed by atoms with E-state index in [1.165, 1.54) is 5.56 Å². The van der Waals surface area contributed by atoms with E-state index in [1.807, 2.05) is 6.07 Å². The molecule has 1 aliphatic rings. The third-order valence-electron chi connectivity index (χ3n) is 5.43. The van der Waals surface area contributed by atoms with Crippen molar-refractivity contribution in [3.63, 3.8) is 0 Å². The van der Waals surface area contributed by atoms with Gasteiger partial charge >= 0.3 is 0 Å². The molecule has 1 aromatic rings. The van der Waals surface area contributed by atoms with E-state index in [0.29, 0.717) is 6.54 Å². The van der Waals surface area contributed by atoms with Crippen LogP contribution in [0.2, 0.25) is 0 Å². The molecular formula is C22H40IN5O4. The fraction of sp³-hybridized carbons (Fsp3) is 0.682. The van der Waals surface area contributed by atoms with Gasteiger partial charge in [-0.3, -0.25) is 9.89 Å². The van der Waals surface area contributed by atoms with Gasteiger partial charge in [-0.1, -0.05) is 6.07 Å². The van der Waals surface area contributed by atoms with Crippen molar-refractivity contribution in [3.05, 3.63) is 23.8 Å². The van der Waals surface area contributed by atoms with Crippen LogP contribution in [0.25, 0.3) is 0 Å². The lowest BCUT2D eigenvalue weighted by molar-refractivity contribution is 0.0169. The highest BCUT2D eigenvalue weighted by atomic mass is 127. The van der Waals surface area contributed by atoms with E-state index in [1.54, 1.807) is 28.4 Å². The summed E-state index contributed by atoms with van der Waals surface area (Å²) in [6.07, 6.45) is 0. The van der Waals surface area contributed by atoms with Gasteiger partial charge in [-0.25, -0.2) is 0 Å². The summed E-state index contributed by atoms with van der Waals surface area (Å²) in [4.78, 5) is 9.04. The van der Waals surface area contributed by atoms with Crippen molar-refractivity contribution in [1.82, 2.24) is 20.4 Å². The number of nitrogens with one attached hydrogen (secondary N) is 2. The molecule has 0 aromatic heterocycles. The first-order valence-corrected chi connectivity index (χ1v) is 10.8. The Kier molecular flexibility index (Phi) is 14.6. The van der Waals surface area contributed by atoms with Crippen LogP contribution in [0.5, 0.6) is 11.5 Å². The highest BCUT2D eigenvalue weighted by Gasteiger charge is 2.24. The number of aliphatic imine (C=N–C) groups is 1. The number of likely N-dealkylation sites (N-methyl/N-ethyl adjacent to an activating group) is 1. The molecule has 0 aliphatic carbocycles. The maximum atomic E-state index is 5.56. The number of guanidine groups is 1. The summed E-state index contributed by atoms with van der Waals surface area (Å²) in [6.45, 7) is 7.32. The average Bonchev–Trinajstić information content (AvgIpc) is 2.82. The lowest BCUT2D eigenvalue weighted by Gasteiger charge is -2.35. The van der Waals surface area contributed by atoms with Crippen molar-refractivity contribution in [3.8, 4) is 11.5 Å². The van der Waals surface area contributed by atoms with Gasteiger partial charge in [0.05, 0.1) is 40.1 Å². The average molecular weight is 565 g/mol. The van der Waals surface area contributed by atoms with Gasteiger partial charge in [-0.05, 0) is 24.7 Å². The van der Waals surface area contributed by atoms with Gasteiger partial charge in [0.25, 0.3) is 0 Å². The predicted octanol–water partition coefficient (Wildman–Crippen LogP) is 1.44. The molecule has 10 heteroatoms. The van der Waals surface area contributed by atoms with Crippen LogP contribution in [0, 0.1) is 0 Å². The van der Waals surface area contributed by atoms with Gasteiger partial charge in [0.1, 0.15) is 0 Å². The molecule has 0 saturated carbocycles. The first kappa shape index (κ1) is 28.7. The van der Waals surface area contributed by atoms with Crippen molar-refractivity contribution < 1.29 is 18.9 Å². The minimum atomic E-state index is 0. The van der Waals surface area contributed by atoms with Gasteiger partial charge < -0.3 is 34.5 Å². The fourth-order valence-electron chi connectivity index (χ4n) is 3.55. The van der Waals surface area contributed by atoms with Gasteiger partial charge in [0, 0.05) is 53.4 Å². The zero-order chi connectivity index (χ0) is 22.5. The largest absolute Gasteiger partial charge is 0.493 e. The number of morpholine rings is 1. The molecule has 1 saturated heterocycles. The van der Waals surface area contributed by atoms with E-state index in [4.69, 9.17) is 18.9 Å². The van der Waals surface area contributed by atoms with Crippen molar-refractivity contribution in [2.45, 2.75) is 6.04 Å². The van der Waals surface area contributed by atoms with Crippen LogP contribution in [0.1, 0.15) is 11.6 Å². The maximum absolute atomic E-state index is 5.56. The predicted molar refractivity (Wildman–Crippen MR) is 139 cm³/mol. The van der Waals surface area contributed by atoms with E-state index in [-0.39, 0.29) is 30.0 Å². The quantitative estimate of drug-likeness (QED) is 0.224. The van der Waals surface area contributed by atoms with Crippen LogP contribution >= 0.6 is 24.0 Å². The molecule has 1 aliphatic heterocycles. The molecule has 1 fully saturated rings. The van der Waals surface area contributed by atoms with Crippen LogP contribution in [0.3, 0.4) is 0 Å². The minimum Gasteiger partial charge on any atom is -0.493 e. The minimum absolute atomic E-state index is 0. The summed E-state index contributed by atoms with van der Waals surface area (Å²) in [7, 11) is 8.92. The SMILES string of the molecule is CN=C(NCCN(C)CCOC)NCC(c1ccc(OC)c(OC)c1)N1CCOCC1.I. The van der Waals surface area contributed by atoms with Crippen LogP contribution in [0.4, 0.5) is 0 Å². The maximum Gasteiger partial charge on any atom is 0.191 e. The van der Waals surface area contributed by atoms with E-state index in [2.05, 4.69) is 44.6 Å². The van der Waals surface area contributed by atoms with Crippen molar-refractivity contribution in [2.75, 3.05) is 94.5 Å². The molecule has 0 radical (unpaired) electrons. The number of rotatable bonds is 12. The Bertz CT molecular complexity index is 674. The molecule has 1 aromatic carbocycles. The van der Waals surface area contributed by atoms with Crippen LogP contribution in [0.15, 0.2) is 23.2 Å². The van der Waals surface area contributed by atoms with E-state index in [0.717, 1.165) is 70.0 Å². The number of benzene rings is 1. The van der Waals surface area contributed by atoms with Crippen molar-refractivity contribution in [1.29, 1.82) is 0 Å². The topological polar surface area (TPSA) is 79.8 Å². The second-order valence-electron chi connectivity index (χ2n) is 7.45. The van der Waals surface area contributed by atoms with Crippen molar-refractivity contribution >= 4 is 29.9 Å². The van der Waals surface area contributed by atoms with Crippen LogP contribution in [-0.4, -0.2) is 110 Å². The lowest BCUT2D eigenvalue weighted by atomic mass is 10.0. The number of hydrogen-bond acceptors (Lipinski definition) is 7. The Labute approximate surface area is 209 Å². The normalized spacial score (nSPS) is 15.8. The molecule has 1 unspecified atom stereocenters. The molecule has 32 heavy (non-hydrogen) atoms. The second-order valence-corrected chi connectivity index (χ2v) is 7.45. The smallest absolute Gasteiger partial charge is 0.191 e. The summed E-state index contributed by atoms with van der Waals surface area (Å²) in [6, 6.07) is 6.28. The zero-order valence-electron chi connectivity index (χ0n) is 20.1. The van der Waals surface area contributed by atoms with E-state index < -0.39 is 0 Å². The molecular weight excluding hydrogens is 525 g/mol. The first-order chi connectivity index (χ1) is 15.1. The summed E-state index contributed by atoms with van der Waals surface area (Å²) in [5, 5.41) is 6.89. The van der Waals surface area contributed by atoms with Gasteiger partial charge in [0.2, 0.25) is 0 Å². The Balaban J connectivity index is 0.00000512. The third kappa shape index (κ3) is 9.26. The number of hydrogen-bond donors (Lipinski definition) is 2. The Morgan fingerprint density at radius 1 is 1.12 bits per heavy atom. The molecule has 9 nitrogen and oxygen atoms in total. The summed E-state index contributed by atoms with van der Waals surface area (Å²) in [5.74, 6) is 2.26. The summed E-state index contributed by atoms with van der Waals surface area (Å²) in [5.41, 5.74) is 1.17. The first-order valence-electron chi connectivity index (χ1n) is 10.8. The van der Waals surface area contributed by atoms with E-state index in [9.17, 15) is 0 Å². The highest BCUT2D eigenvalue weighted by molar-refractivity contribution is 14.0. The summed E-state index contributed by atoms with van der Waals surface area (Å²) < 4.78 is 21.6. The van der Waals surface area contributed by atoms with Crippen molar-refractivity contribution in [2.24, 2.45) is 4.99 Å². The Morgan fingerprint density at radius 2 is 1.84 bits per heavy atom. The molecule has 184 valence electrons. The molecule has 2 N–H and O–H groups in total. The Morgan fingerprint density at radius 3 is 2.47 bits per heavy atom.